The first-order valence-electron chi connectivity index (χ1n) is 8.08. The molecule has 1 aromatic heterocycles. The summed E-state index contributed by atoms with van der Waals surface area (Å²) in [6.45, 7) is 5.44. The summed E-state index contributed by atoms with van der Waals surface area (Å²) in [6.07, 6.45) is 3.82. The highest BCUT2D eigenvalue weighted by Gasteiger charge is 2.24. The maximum Gasteiger partial charge on any atom is 0.193 e. The number of benzene rings is 1. The number of nitrogens with zero attached hydrogens (tertiary/aromatic N) is 4. The van der Waals surface area contributed by atoms with Crippen molar-refractivity contribution in [2.75, 3.05) is 20.6 Å². The molecule has 2 aromatic rings. The number of guanidine groups is 1. The number of nitrogens with one attached hydrogen (secondary N) is 1. The van der Waals surface area contributed by atoms with Gasteiger partial charge in [0.25, 0.3) is 0 Å². The van der Waals surface area contributed by atoms with Crippen molar-refractivity contribution in [2.45, 2.75) is 25.8 Å². The summed E-state index contributed by atoms with van der Waals surface area (Å²) < 4.78 is 15.1. The van der Waals surface area contributed by atoms with Crippen LogP contribution in [0.3, 0.4) is 0 Å². The molecule has 0 aliphatic heterocycles. The van der Waals surface area contributed by atoms with Gasteiger partial charge in [0.15, 0.2) is 5.96 Å². The van der Waals surface area contributed by atoms with Gasteiger partial charge in [0, 0.05) is 56.4 Å². The lowest BCUT2D eigenvalue weighted by atomic mass is 9.84. The minimum absolute atomic E-state index is 0.282. The Morgan fingerprint density at radius 2 is 2.16 bits per heavy atom. The molecule has 0 bridgehead atoms. The van der Waals surface area contributed by atoms with E-state index in [0.29, 0.717) is 18.1 Å². The zero-order chi connectivity index (χ0) is 18.6. The van der Waals surface area contributed by atoms with Crippen molar-refractivity contribution in [3.63, 3.8) is 0 Å². The van der Waals surface area contributed by atoms with Gasteiger partial charge in [-0.15, -0.1) is 0 Å². The predicted octanol–water partition coefficient (Wildman–Crippen LogP) is 3.20. The minimum atomic E-state index is -0.329. The molecule has 0 aliphatic rings. The third-order valence-corrected chi connectivity index (χ3v) is 4.41. The van der Waals surface area contributed by atoms with Gasteiger partial charge in [-0.25, -0.2) is 4.39 Å². The van der Waals surface area contributed by atoms with Crippen molar-refractivity contribution in [1.82, 2.24) is 20.0 Å². The van der Waals surface area contributed by atoms with Crippen LogP contribution in [0.25, 0.3) is 0 Å². The Morgan fingerprint density at radius 3 is 2.72 bits per heavy atom. The molecule has 0 aliphatic carbocycles. The van der Waals surface area contributed by atoms with Crippen LogP contribution < -0.4 is 5.32 Å². The fraction of sp³-hybridized carbons (Fsp3) is 0.444. The van der Waals surface area contributed by atoms with Gasteiger partial charge in [-0.05, 0) is 17.7 Å². The average Bonchev–Trinajstić information content (AvgIpc) is 2.92. The summed E-state index contributed by atoms with van der Waals surface area (Å²) in [4.78, 5) is 6.36. The maximum atomic E-state index is 13.3. The van der Waals surface area contributed by atoms with Gasteiger partial charge in [0.1, 0.15) is 5.82 Å². The summed E-state index contributed by atoms with van der Waals surface area (Å²) in [5, 5.41) is 7.99. The first-order chi connectivity index (χ1) is 11.7. The second-order valence-electron chi connectivity index (χ2n) is 6.79. The molecule has 2 rings (SSSR count). The smallest absolute Gasteiger partial charge is 0.193 e. The number of halogens is 2. The number of hydrogen-bond acceptors (Lipinski definition) is 2. The number of hydrogen-bond donors (Lipinski definition) is 1. The zero-order valence-electron chi connectivity index (χ0n) is 15.3. The Bertz CT molecular complexity index is 754. The van der Waals surface area contributed by atoms with E-state index >= 15 is 0 Å². The molecule has 5 nitrogen and oxygen atoms in total. The number of aromatic nitrogens is 2. The highest BCUT2D eigenvalue weighted by Crippen LogP contribution is 2.30. The fourth-order valence-electron chi connectivity index (χ4n) is 2.72. The van der Waals surface area contributed by atoms with Crippen LogP contribution in [0.2, 0.25) is 5.02 Å². The van der Waals surface area contributed by atoms with Gasteiger partial charge in [0.2, 0.25) is 0 Å². The molecule has 0 atom stereocenters. The Kier molecular flexibility index (Phi) is 6.06. The SMILES string of the molecule is CN=C(NCC(C)(C)c1ccc(F)cc1Cl)N(C)Cc1cnn(C)c1. The molecular weight excluding hydrogens is 341 g/mol. The molecule has 25 heavy (non-hydrogen) atoms. The molecule has 0 saturated heterocycles. The van der Waals surface area contributed by atoms with E-state index in [2.05, 4.69) is 29.3 Å². The van der Waals surface area contributed by atoms with Crippen molar-refractivity contribution >= 4 is 17.6 Å². The highest BCUT2D eigenvalue weighted by atomic mass is 35.5. The van der Waals surface area contributed by atoms with Crippen LogP contribution >= 0.6 is 11.6 Å². The molecule has 0 saturated carbocycles. The van der Waals surface area contributed by atoms with E-state index in [4.69, 9.17) is 11.6 Å². The Labute approximate surface area is 153 Å². The molecule has 0 amide bonds. The summed E-state index contributed by atoms with van der Waals surface area (Å²) >= 11 is 6.22. The zero-order valence-corrected chi connectivity index (χ0v) is 16.1. The van der Waals surface area contributed by atoms with Gasteiger partial charge in [0.05, 0.1) is 6.20 Å². The van der Waals surface area contributed by atoms with E-state index in [9.17, 15) is 4.39 Å². The van der Waals surface area contributed by atoms with Gasteiger partial charge >= 0.3 is 0 Å². The van der Waals surface area contributed by atoms with Crippen LogP contribution in [0.4, 0.5) is 4.39 Å². The summed E-state index contributed by atoms with van der Waals surface area (Å²) in [6, 6.07) is 4.52. The molecule has 7 heteroatoms. The van der Waals surface area contributed by atoms with E-state index in [0.717, 1.165) is 17.1 Å². The second-order valence-corrected chi connectivity index (χ2v) is 7.19. The van der Waals surface area contributed by atoms with E-state index < -0.39 is 0 Å². The fourth-order valence-corrected chi connectivity index (χ4v) is 3.14. The Balaban J connectivity index is 2.03. The number of rotatable bonds is 5. The van der Waals surface area contributed by atoms with Crippen molar-refractivity contribution in [1.29, 1.82) is 0 Å². The van der Waals surface area contributed by atoms with E-state index in [1.807, 2.05) is 31.4 Å². The van der Waals surface area contributed by atoms with Crippen LogP contribution in [0.5, 0.6) is 0 Å². The molecular formula is C18H25ClFN5. The molecule has 0 radical (unpaired) electrons. The maximum absolute atomic E-state index is 13.3. The van der Waals surface area contributed by atoms with Crippen molar-refractivity contribution in [2.24, 2.45) is 12.0 Å². The lowest BCUT2D eigenvalue weighted by Crippen LogP contribution is -2.44. The number of aliphatic imine (C=N–C) groups is 1. The molecule has 1 aromatic carbocycles. The van der Waals surface area contributed by atoms with E-state index in [-0.39, 0.29) is 11.2 Å². The molecule has 0 fully saturated rings. The van der Waals surface area contributed by atoms with Gasteiger partial charge in [-0.3, -0.25) is 9.67 Å². The van der Waals surface area contributed by atoms with Gasteiger partial charge in [-0.2, -0.15) is 5.10 Å². The van der Waals surface area contributed by atoms with Crippen LogP contribution in [-0.4, -0.2) is 41.3 Å². The third-order valence-electron chi connectivity index (χ3n) is 4.10. The largest absolute Gasteiger partial charge is 0.355 e. The third kappa shape index (κ3) is 4.95. The highest BCUT2D eigenvalue weighted by molar-refractivity contribution is 6.31. The van der Waals surface area contributed by atoms with Crippen LogP contribution in [-0.2, 0) is 19.0 Å². The summed E-state index contributed by atoms with van der Waals surface area (Å²) in [5.41, 5.74) is 1.72. The predicted molar refractivity (Wildman–Crippen MR) is 100 cm³/mol. The molecule has 1 heterocycles. The van der Waals surface area contributed by atoms with Crippen molar-refractivity contribution in [3.8, 4) is 0 Å². The summed E-state index contributed by atoms with van der Waals surface area (Å²) in [7, 11) is 5.62. The normalized spacial score (nSPS) is 12.4. The van der Waals surface area contributed by atoms with Gasteiger partial charge in [-0.1, -0.05) is 31.5 Å². The lowest BCUT2D eigenvalue weighted by Gasteiger charge is -2.30. The van der Waals surface area contributed by atoms with Crippen LogP contribution in [0.15, 0.2) is 35.6 Å². The molecule has 1 N–H and O–H groups in total. The monoisotopic (exact) mass is 365 g/mol. The molecule has 0 spiro atoms. The average molecular weight is 366 g/mol. The van der Waals surface area contributed by atoms with Crippen molar-refractivity contribution in [3.05, 3.63) is 52.6 Å². The Morgan fingerprint density at radius 1 is 1.44 bits per heavy atom. The summed E-state index contributed by atoms with van der Waals surface area (Å²) in [5.74, 6) is 0.444. The second kappa shape index (κ2) is 7.87. The van der Waals surface area contributed by atoms with Crippen molar-refractivity contribution < 1.29 is 4.39 Å². The Hall–Kier alpha value is -2.08. The standard InChI is InChI=1S/C18H25ClFN5/c1-18(2,15-7-6-14(20)8-16(15)19)12-22-17(21-3)24(4)10-13-9-23-25(5)11-13/h6-9,11H,10,12H2,1-5H3,(H,21,22). The molecule has 136 valence electrons. The van der Waals surface area contributed by atoms with Gasteiger partial charge < -0.3 is 10.2 Å². The first-order valence-corrected chi connectivity index (χ1v) is 8.45. The van der Waals surface area contributed by atoms with Crippen LogP contribution in [0, 0.1) is 5.82 Å². The van der Waals surface area contributed by atoms with E-state index in [1.54, 1.807) is 17.8 Å². The lowest BCUT2D eigenvalue weighted by molar-refractivity contribution is 0.448. The quantitative estimate of drug-likeness (QED) is 0.653. The number of aryl methyl sites for hydroxylation is 1. The topological polar surface area (TPSA) is 45.5 Å². The van der Waals surface area contributed by atoms with Crippen LogP contribution in [0.1, 0.15) is 25.0 Å². The molecule has 0 unspecified atom stereocenters. The first kappa shape index (κ1) is 19.2. The minimum Gasteiger partial charge on any atom is -0.355 e. The van der Waals surface area contributed by atoms with E-state index in [1.165, 1.54) is 12.1 Å².